The number of hydrogen-bond acceptors (Lipinski definition) is 7. The number of nitrogens with one attached hydrogen (secondary N) is 3. The normalized spacial score (nSPS) is 18.3. The zero-order chi connectivity index (χ0) is 23.2. The third-order valence-corrected chi connectivity index (χ3v) is 4.84. The number of nitrogen functional groups attached to an aromatic ring is 1. The first kappa shape index (κ1) is 23.5. The summed E-state index contributed by atoms with van der Waals surface area (Å²) in [6.45, 7) is -1.07. The lowest BCUT2D eigenvalue weighted by Crippen LogP contribution is -2.70. The number of amides is 2. The number of rotatable bonds is 10. The molecular formula is C19H23N5O7. The van der Waals surface area contributed by atoms with E-state index in [4.69, 9.17) is 21.4 Å². The molecule has 31 heavy (non-hydrogen) atoms. The highest BCUT2D eigenvalue weighted by Gasteiger charge is 2.49. The molecule has 12 heteroatoms. The molecule has 0 bridgehead atoms. The molecule has 2 rings (SSSR count). The van der Waals surface area contributed by atoms with Crippen LogP contribution in [0.15, 0.2) is 24.3 Å². The Hall–Kier alpha value is -3.80. The van der Waals surface area contributed by atoms with Crippen LogP contribution in [0.1, 0.15) is 28.8 Å². The molecule has 0 unspecified atom stereocenters. The van der Waals surface area contributed by atoms with E-state index in [0.717, 1.165) is 4.90 Å². The van der Waals surface area contributed by atoms with Crippen molar-refractivity contribution in [3.63, 3.8) is 0 Å². The van der Waals surface area contributed by atoms with Crippen LogP contribution in [-0.4, -0.2) is 82.2 Å². The van der Waals surface area contributed by atoms with Crippen molar-refractivity contribution in [3.05, 3.63) is 35.4 Å². The number of carbonyl (C=O) groups excluding carboxylic acids is 3. The quantitative estimate of drug-likeness (QED) is 0.142. The molecule has 0 spiro atoms. The van der Waals surface area contributed by atoms with Gasteiger partial charge in [0.25, 0.3) is 11.8 Å². The number of hydrogen-bond donors (Lipinski definition) is 6. The molecule has 12 nitrogen and oxygen atoms in total. The maximum atomic E-state index is 12.9. The molecule has 2 amide bonds. The van der Waals surface area contributed by atoms with Crippen molar-refractivity contribution in [2.75, 3.05) is 26.2 Å². The molecule has 0 radical (unpaired) electrons. The minimum absolute atomic E-state index is 0.0437. The van der Waals surface area contributed by atoms with Crippen LogP contribution >= 0.6 is 0 Å². The number of carbonyl (C=O) groups is 5. The molecule has 7 N–H and O–H groups in total. The topological polar surface area (TPSA) is 203 Å². The monoisotopic (exact) mass is 433 g/mol. The molecule has 1 saturated heterocycles. The number of aliphatic carboxylic acids is 2. The maximum Gasteiger partial charge on any atom is 0.323 e. The van der Waals surface area contributed by atoms with Crippen LogP contribution in [0.2, 0.25) is 0 Å². The van der Waals surface area contributed by atoms with Gasteiger partial charge in [-0.25, -0.2) is 0 Å². The fourth-order valence-electron chi connectivity index (χ4n) is 3.23. The Morgan fingerprint density at radius 3 is 2.29 bits per heavy atom. The van der Waals surface area contributed by atoms with E-state index >= 15 is 0 Å². The second-order valence-corrected chi connectivity index (χ2v) is 6.94. The third-order valence-electron chi connectivity index (χ3n) is 4.84. The van der Waals surface area contributed by atoms with E-state index in [2.05, 4.69) is 10.6 Å². The Labute approximate surface area is 176 Å². The zero-order valence-electron chi connectivity index (χ0n) is 16.5. The Morgan fingerprint density at radius 2 is 1.74 bits per heavy atom. The van der Waals surface area contributed by atoms with Crippen LogP contribution < -0.4 is 16.4 Å². The van der Waals surface area contributed by atoms with Crippen molar-refractivity contribution in [1.82, 2.24) is 15.5 Å². The number of Topliss-reactive ketones (excluding diaryl/α,β-unsaturated/α-hetero) is 1. The van der Waals surface area contributed by atoms with Crippen LogP contribution in [0, 0.1) is 5.41 Å². The van der Waals surface area contributed by atoms with Crippen molar-refractivity contribution in [2.24, 2.45) is 5.73 Å². The van der Waals surface area contributed by atoms with Crippen LogP contribution in [0.3, 0.4) is 0 Å². The van der Waals surface area contributed by atoms with E-state index in [0.29, 0.717) is 5.56 Å². The fraction of sp³-hybridized carbons (Fsp3) is 0.368. The molecule has 1 heterocycles. The summed E-state index contributed by atoms with van der Waals surface area (Å²) in [4.78, 5) is 61.2. The second-order valence-electron chi connectivity index (χ2n) is 6.94. The molecule has 166 valence electrons. The van der Waals surface area contributed by atoms with Crippen LogP contribution in [-0.2, 0) is 19.2 Å². The highest BCUT2D eigenvalue weighted by molar-refractivity contribution is 6.13. The van der Waals surface area contributed by atoms with Crippen molar-refractivity contribution in [3.8, 4) is 0 Å². The molecule has 1 aromatic rings. The number of piperazine rings is 1. The summed E-state index contributed by atoms with van der Waals surface area (Å²) in [6, 6.07) is 5.75. The Morgan fingerprint density at radius 1 is 1.13 bits per heavy atom. The summed E-state index contributed by atoms with van der Waals surface area (Å²) in [7, 11) is 0. The summed E-state index contributed by atoms with van der Waals surface area (Å²) in [6.07, 6.45) is -0.898. The molecule has 1 aliphatic rings. The van der Waals surface area contributed by atoms with E-state index in [1.807, 2.05) is 0 Å². The number of amidine groups is 1. The summed E-state index contributed by atoms with van der Waals surface area (Å²) in [5.74, 6) is -4.91. The molecule has 0 saturated carbocycles. The highest BCUT2D eigenvalue weighted by atomic mass is 16.4. The number of carboxylic acid groups (broad SMARTS) is 2. The fourth-order valence-corrected chi connectivity index (χ4v) is 3.23. The lowest BCUT2D eigenvalue weighted by atomic mass is 9.84. The molecule has 1 aliphatic heterocycles. The van der Waals surface area contributed by atoms with E-state index in [1.165, 1.54) is 24.3 Å². The van der Waals surface area contributed by atoms with Gasteiger partial charge in [0.15, 0.2) is 11.3 Å². The largest absolute Gasteiger partial charge is 0.481 e. The molecule has 1 fully saturated rings. The van der Waals surface area contributed by atoms with Crippen LogP contribution in [0.5, 0.6) is 0 Å². The number of ketones is 1. The summed E-state index contributed by atoms with van der Waals surface area (Å²) in [5, 5.41) is 30.5. The SMILES string of the molecule is N=C(N)c1ccc(C(=O)NCC(=O)[C@]2(CCC(=O)O)NCCN(CC(=O)O)C2=O)cc1. The Bertz CT molecular complexity index is 915. The van der Waals surface area contributed by atoms with E-state index in [9.17, 15) is 24.0 Å². The lowest BCUT2D eigenvalue weighted by molar-refractivity contribution is -0.154. The first-order valence-corrected chi connectivity index (χ1v) is 9.31. The van der Waals surface area contributed by atoms with E-state index < -0.39 is 54.6 Å². The molecule has 0 aliphatic carbocycles. The van der Waals surface area contributed by atoms with E-state index in [-0.39, 0.29) is 30.9 Å². The minimum atomic E-state index is -1.95. The van der Waals surface area contributed by atoms with Gasteiger partial charge in [-0.2, -0.15) is 0 Å². The van der Waals surface area contributed by atoms with Crippen molar-refractivity contribution in [2.45, 2.75) is 18.4 Å². The summed E-state index contributed by atoms with van der Waals surface area (Å²) < 4.78 is 0. The predicted octanol–water partition coefficient (Wildman–Crippen LogP) is -1.61. The molecule has 1 aromatic carbocycles. The molecule has 1 atom stereocenters. The Kier molecular flexibility index (Phi) is 7.42. The minimum Gasteiger partial charge on any atom is -0.481 e. The van der Waals surface area contributed by atoms with Gasteiger partial charge in [0.2, 0.25) is 0 Å². The van der Waals surface area contributed by atoms with Crippen LogP contribution in [0.4, 0.5) is 0 Å². The van der Waals surface area contributed by atoms with Gasteiger partial charge in [0, 0.05) is 30.6 Å². The molecule has 0 aromatic heterocycles. The first-order chi connectivity index (χ1) is 14.6. The zero-order valence-corrected chi connectivity index (χ0v) is 16.5. The van der Waals surface area contributed by atoms with Gasteiger partial charge in [-0.15, -0.1) is 0 Å². The third kappa shape index (κ3) is 5.63. The maximum absolute atomic E-state index is 12.9. The van der Waals surface area contributed by atoms with Gasteiger partial charge >= 0.3 is 11.9 Å². The summed E-state index contributed by atoms with van der Waals surface area (Å²) in [5.41, 5.74) is 4.01. The average Bonchev–Trinajstić information content (AvgIpc) is 2.72. The number of benzene rings is 1. The standard InChI is InChI=1S/C19H23N5O7/c20-16(21)11-1-3-12(4-2-11)17(30)22-9-13(25)19(6-5-14(26)27)18(31)24(8-7-23-19)10-15(28)29/h1-4,23H,5-10H2,(H3,20,21)(H,22,30)(H,26,27)(H,28,29)/t19-/m0/s1. The van der Waals surface area contributed by atoms with E-state index in [1.54, 1.807) is 0 Å². The lowest BCUT2D eigenvalue weighted by Gasteiger charge is -2.40. The number of nitrogens with zero attached hydrogens (tertiary/aromatic N) is 1. The number of nitrogens with two attached hydrogens (primary N) is 1. The average molecular weight is 433 g/mol. The smallest absolute Gasteiger partial charge is 0.323 e. The predicted molar refractivity (Wildman–Crippen MR) is 107 cm³/mol. The highest BCUT2D eigenvalue weighted by Crippen LogP contribution is 2.22. The van der Waals surface area contributed by atoms with Gasteiger partial charge < -0.3 is 26.2 Å². The van der Waals surface area contributed by atoms with Gasteiger partial charge in [-0.05, 0) is 18.6 Å². The van der Waals surface area contributed by atoms with Gasteiger partial charge in [-0.3, -0.25) is 34.7 Å². The van der Waals surface area contributed by atoms with Crippen LogP contribution in [0.25, 0.3) is 0 Å². The number of carboxylic acids is 2. The van der Waals surface area contributed by atoms with Gasteiger partial charge in [0.05, 0.1) is 6.54 Å². The van der Waals surface area contributed by atoms with Gasteiger partial charge in [-0.1, -0.05) is 12.1 Å². The summed E-state index contributed by atoms with van der Waals surface area (Å²) >= 11 is 0. The molecular weight excluding hydrogens is 410 g/mol. The Balaban J connectivity index is 2.16. The first-order valence-electron chi connectivity index (χ1n) is 9.31. The second kappa shape index (κ2) is 9.80. The van der Waals surface area contributed by atoms with Crippen molar-refractivity contribution < 1.29 is 34.2 Å². The van der Waals surface area contributed by atoms with Crippen molar-refractivity contribution in [1.29, 1.82) is 5.41 Å². The van der Waals surface area contributed by atoms with Gasteiger partial charge in [0.1, 0.15) is 12.4 Å². The van der Waals surface area contributed by atoms with Crippen molar-refractivity contribution >= 4 is 35.4 Å².